The number of rotatable bonds is 97. The zero-order valence-electron chi connectivity index (χ0n) is 71.3. The maximum Gasteiger partial charge on any atom is 0.319 e. The molecule has 117 heavy (non-hydrogen) atoms. The molecule has 2 aliphatic carbocycles. The molecule has 0 aliphatic heterocycles. The number of unbranched alkanes of at least 4 members (excludes halogenated alkanes) is 15. The number of aromatic nitrogens is 3. The van der Waals surface area contributed by atoms with E-state index in [2.05, 4.69) is 15.6 Å². The number of nitrogens with zero attached hydrogens (tertiary/aromatic N) is 3. The van der Waals surface area contributed by atoms with Crippen molar-refractivity contribution >= 4 is 17.8 Å². The van der Waals surface area contributed by atoms with Crippen molar-refractivity contribution in [1.29, 1.82) is 0 Å². The maximum absolute atomic E-state index is 13.6. The molecule has 0 radical (unpaired) electrons. The van der Waals surface area contributed by atoms with Gasteiger partial charge >= 0.3 is 11.9 Å². The van der Waals surface area contributed by atoms with Crippen molar-refractivity contribution in [3.8, 4) is 0 Å². The first-order valence-electron chi connectivity index (χ1n) is 44.0. The summed E-state index contributed by atoms with van der Waals surface area (Å²) in [7, 11) is 0. The predicted molar refractivity (Wildman–Crippen MR) is 433 cm³/mol. The summed E-state index contributed by atoms with van der Waals surface area (Å²) < 4.78 is 130. The van der Waals surface area contributed by atoms with Gasteiger partial charge in [-0.2, -0.15) is 0 Å². The molecule has 2 aliphatic rings. The van der Waals surface area contributed by atoms with Gasteiger partial charge in [0.25, 0.3) is 0 Å². The molecule has 0 aromatic carbocycles. The summed E-state index contributed by atoms with van der Waals surface area (Å²) in [6, 6.07) is 0. The number of aliphatic carboxylic acids is 2. The zero-order valence-corrected chi connectivity index (χ0v) is 71.3. The molecule has 688 valence electrons. The van der Waals surface area contributed by atoms with Gasteiger partial charge in [-0.1, -0.05) is 102 Å². The summed E-state index contributed by atoms with van der Waals surface area (Å²) in [5, 5.41) is 49.5. The van der Waals surface area contributed by atoms with Gasteiger partial charge in [0, 0.05) is 26.2 Å². The molecule has 1 heterocycles. The fourth-order valence-corrected chi connectivity index (χ4v) is 13.0. The van der Waals surface area contributed by atoms with Gasteiger partial charge in [0.1, 0.15) is 5.41 Å². The second-order valence-electron chi connectivity index (χ2n) is 28.6. The zero-order chi connectivity index (χ0) is 83.4. The average Bonchev–Trinajstić information content (AvgIpc) is 1.60. The van der Waals surface area contributed by atoms with Crippen LogP contribution in [0.3, 0.4) is 0 Å². The highest BCUT2D eigenvalue weighted by Crippen LogP contribution is 2.52. The van der Waals surface area contributed by atoms with Crippen molar-refractivity contribution < 1.29 is 144 Å². The Kier molecular flexibility index (Phi) is 76.8. The minimum atomic E-state index is -1.48. The molecule has 3 rings (SSSR count). The number of amides is 1. The van der Waals surface area contributed by atoms with E-state index < -0.39 is 23.3 Å². The van der Waals surface area contributed by atoms with Gasteiger partial charge in [0.15, 0.2) is 0 Å². The molecule has 1 fully saturated rings. The van der Waals surface area contributed by atoms with Crippen molar-refractivity contribution in [3.05, 3.63) is 11.4 Å². The van der Waals surface area contributed by atoms with Crippen LogP contribution in [0.15, 0.2) is 0 Å². The molecule has 4 atom stereocenters. The normalized spacial score (nSPS) is 15.2. The van der Waals surface area contributed by atoms with Crippen LogP contribution in [-0.2, 0) is 143 Å². The number of ether oxygens (including phenoxy) is 23. The van der Waals surface area contributed by atoms with E-state index in [-0.39, 0.29) is 32.6 Å². The van der Waals surface area contributed by atoms with Crippen LogP contribution in [0.2, 0.25) is 0 Å². The molecule has 34 heteroatoms. The predicted octanol–water partition coefficient (Wildman–Crippen LogP) is 6.46. The largest absolute Gasteiger partial charge is 0.481 e. The van der Waals surface area contributed by atoms with Crippen molar-refractivity contribution in [2.75, 3.05) is 324 Å². The number of fused-ring (bicyclic) bond motifs is 2. The van der Waals surface area contributed by atoms with Crippen molar-refractivity contribution in [2.24, 2.45) is 23.2 Å². The van der Waals surface area contributed by atoms with Crippen molar-refractivity contribution in [1.82, 2.24) is 20.3 Å². The minimum Gasteiger partial charge on any atom is -0.481 e. The first-order chi connectivity index (χ1) is 57.8. The van der Waals surface area contributed by atoms with E-state index in [1.54, 1.807) is 0 Å². The number of hydrogen-bond donors (Lipinski definition) is 5. The Morgan fingerprint density at radius 3 is 0.838 bits per heavy atom. The van der Waals surface area contributed by atoms with Gasteiger partial charge in [-0.3, -0.25) is 14.4 Å². The van der Waals surface area contributed by atoms with Gasteiger partial charge in [-0.25, -0.2) is 4.68 Å². The lowest BCUT2D eigenvalue weighted by Crippen LogP contribution is -2.47. The third-order valence-corrected chi connectivity index (χ3v) is 19.6. The second kappa shape index (κ2) is 83.4. The molecule has 1 amide bonds. The standard InChI is InChI=1S/C83H156N4O30/c88-27-17-13-9-5-1-3-7-11-15-23-83(82(93)94,24-16-12-8-4-2-6-10-14-18-80(90)91)81(92)84-25-28-95-30-32-97-34-36-99-38-40-101-42-44-103-46-48-105-50-52-107-54-56-109-58-60-111-62-64-113-66-68-115-70-72-117-73-71-116-69-67-114-65-63-112-61-59-110-57-55-108-53-51-106-49-47-104-45-43-102-41-39-100-37-35-98-33-31-96-29-26-87-79-22-20-76-75(77(76)74-89)19-21-78(79)85-86-87/h75-77,88-89H,1-74H2,(H,84,92)(H,90,91)(H,93,94)/t75?,76-,77+,83?/m0/s1. The van der Waals surface area contributed by atoms with Crippen molar-refractivity contribution in [3.63, 3.8) is 0 Å². The minimum absolute atomic E-state index is 0.202. The summed E-state index contributed by atoms with van der Waals surface area (Å²) in [6.07, 6.45) is 20.8. The first-order valence-corrected chi connectivity index (χ1v) is 44.0. The Morgan fingerprint density at radius 2 is 0.573 bits per heavy atom. The molecule has 0 saturated heterocycles. The number of carboxylic acid groups (broad SMARTS) is 2. The van der Waals surface area contributed by atoms with Crippen molar-refractivity contribution in [2.45, 2.75) is 161 Å². The van der Waals surface area contributed by atoms with Crippen LogP contribution >= 0.6 is 0 Å². The molecular weight excluding hydrogens is 1530 g/mol. The van der Waals surface area contributed by atoms with Gasteiger partial charge in [-0.15, -0.1) is 5.10 Å². The van der Waals surface area contributed by atoms with Gasteiger partial charge < -0.3 is 135 Å². The highest BCUT2D eigenvalue weighted by atomic mass is 16.6. The number of carbonyl (C=O) groups excluding carboxylic acids is 1. The van der Waals surface area contributed by atoms with Gasteiger partial charge in [0.05, 0.1) is 322 Å². The highest BCUT2D eigenvalue weighted by Gasteiger charge is 2.49. The summed E-state index contributed by atoms with van der Waals surface area (Å²) in [5.74, 6) is -0.486. The number of nitrogens with one attached hydrogen (secondary N) is 1. The van der Waals surface area contributed by atoms with Crippen LogP contribution in [0, 0.1) is 23.2 Å². The summed E-state index contributed by atoms with van der Waals surface area (Å²) in [4.78, 5) is 37.1. The topological polar surface area (TPSA) is 387 Å². The van der Waals surface area contributed by atoms with E-state index in [0.29, 0.717) is 354 Å². The quantitative estimate of drug-likeness (QED) is 0.0345. The molecule has 5 N–H and O–H groups in total. The molecule has 2 unspecified atom stereocenters. The third kappa shape index (κ3) is 64.9. The Morgan fingerprint density at radius 1 is 0.325 bits per heavy atom. The van der Waals surface area contributed by atoms with E-state index >= 15 is 0 Å². The monoisotopic (exact) mass is 1690 g/mol. The van der Waals surface area contributed by atoms with E-state index in [4.69, 9.17) is 119 Å². The van der Waals surface area contributed by atoms with Crippen LogP contribution < -0.4 is 5.32 Å². The van der Waals surface area contributed by atoms with Crippen LogP contribution in [0.1, 0.15) is 153 Å². The Bertz CT molecular complexity index is 2310. The Balaban J connectivity index is 0.900. The molecule has 34 nitrogen and oxygen atoms in total. The fourth-order valence-electron chi connectivity index (χ4n) is 13.0. The molecular formula is C83H156N4O30. The fraction of sp³-hybridized carbons (Fsp3) is 0.940. The van der Waals surface area contributed by atoms with Crippen LogP contribution in [0.5, 0.6) is 0 Å². The molecule has 1 saturated carbocycles. The smallest absolute Gasteiger partial charge is 0.319 e. The Labute approximate surface area is 698 Å². The third-order valence-electron chi connectivity index (χ3n) is 19.6. The van der Waals surface area contributed by atoms with E-state index in [1.807, 2.05) is 4.68 Å². The summed E-state index contributed by atoms with van der Waals surface area (Å²) in [6.45, 7) is 22.5. The summed E-state index contributed by atoms with van der Waals surface area (Å²) >= 11 is 0. The van der Waals surface area contributed by atoms with Crippen LogP contribution in [0.25, 0.3) is 0 Å². The Hall–Kier alpha value is -3.45. The SMILES string of the molecule is O=C(O)CCCCCCCCCCC(CCCCCCCCCCCO)(C(=O)O)C(=O)NCCOCCOCCOCCOCCOCCOCCOCCOCCOCCOCCOCCOCCOCCOCCOCCOCCOCCOCCOCCOCCOCCOCCOCCn1nnc2c1CC[C@H]1C(CC2)[C@H]1CO. The lowest BCUT2D eigenvalue weighted by atomic mass is 9.76. The number of aliphatic hydroxyl groups is 2. The summed E-state index contributed by atoms with van der Waals surface area (Å²) in [5.41, 5.74) is 0.856. The molecule has 1 aromatic heterocycles. The molecule has 0 bridgehead atoms. The maximum atomic E-state index is 13.6. The van der Waals surface area contributed by atoms with Crippen LogP contribution in [-0.4, -0.2) is 377 Å². The van der Waals surface area contributed by atoms with E-state index in [1.165, 1.54) is 5.69 Å². The number of aryl methyl sites for hydroxylation is 1. The van der Waals surface area contributed by atoms with E-state index in [9.17, 15) is 24.6 Å². The molecule has 0 spiro atoms. The lowest BCUT2D eigenvalue weighted by Gasteiger charge is -2.28. The van der Waals surface area contributed by atoms with E-state index in [0.717, 1.165) is 121 Å². The number of carbonyl (C=O) groups is 3. The average molecular weight is 1690 g/mol. The second-order valence-corrected chi connectivity index (χ2v) is 28.6. The van der Waals surface area contributed by atoms with Gasteiger partial charge in [-0.05, 0) is 69.1 Å². The number of aliphatic hydroxyl groups excluding tert-OH is 2. The number of carboxylic acids is 2. The van der Waals surface area contributed by atoms with Crippen LogP contribution in [0.4, 0.5) is 0 Å². The highest BCUT2D eigenvalue weighted by molar-refractivity contribution is 6.01. The first kappa shape index (κ1) is 108. The lowest BCUT2D eigenvalue weighted by molar-refractivity contribution is -0.157. The molecule has 1 aromatic rings. The van der Waals surface area contributed by atoms with Gasteiger partial charge in [0.2, 0.25) is 5.91 Å². The number of hydrogen-bond acceptors (Lipinski definition) is 30.